The van der Waals surface area contributed by atoms with Crippen molar-refractivity contribution >= 4 is 7.85 Å². The molecule has 50 valence electrons. The molecule has 0 amide bonds. The van der Waals surface area contributed by atoms with E-state index in [2.05, 4.69) is 13.8 Å². The lowest BCUT2D eigenvalue weighted by Crippen LogP contribution is -2.00. The van der Waals surface area contributed by atoms with Gasteiger partial charge in [0, 0.05) is 0 Å². The molecule has 0 aromatic carbocycles. The van der Waals surface area contributed by atoms with Crippen LogP contribution in [-0.4, -0.2) is 7.85 Å². The summed E-state index contributed by atoms with van der Waals surface area (Å²) >= 11 is 0. The van der Waals surface area contributed by atoms with Crippen molar-refractivity contribution in [3.63, 3.8) is 0 Å². The van der Waals surface area contributed by atoms with E-state index in [1.54, 1.807) is 0 Å². The van der Waals surface area contributed by atoms with Crippen molar-refractivity contribution in [1.82, 2.24) is 0 Å². The summed E-state index contributed by atoms with van der Waals surface area (Å²) in [5, 5.41) is 0. The molecule has 0 heterocycles. The van der Waals surface area contributed by atoms with Crippen molar-refractivity contribution in [2.24, 2.45) is 11.8 Å². The summed E-state index contributed by atoms with van der Waals surface area (Å²) < 4.78 is 0. The van der Waals surface area contributed by atoms with E-state index in [-0.39, 0.29) is 0 Å². The molecule has 0 spiro atoms. The van der Waals surface area contributed by atoms with Crippen LogP contribution in [0.3, 0.4) is 0 Å². The van der Waals surface area contributed by atoms with Crippen LogP contribution in [0.5, 0.6) is 0 Å². The van der Waals surface area contributed by atoms with Crippen LogP contribution in [-0.2, 0) is 0 Å². The minimum Gasteiger partial charge on any atom is -0.0769 e. The van der Waals surface area contributed by atoms with E-state index in [0.29, 0.717) is 5.82 Å². The van der Waals surface area contributed by atoms with Crippen LogP contribution in [0.15, 0.2) is 0 Å². The fourth-order valence-corrected chi connectivity index (χ4v) is 1.96. The van der Waals surface area contributed by atoms with E-state index >= 15 is 0 Å². The van der Waals surface area contributed by atoms with Crippen LogP contribution in [0.25, 0.3) is 0 Å². The van der Waals surface area contributed by atoms with Crippen molar-refractivity contribution < 1.29 is 0 Å². The molecule has 0 unspecified atom stereocenters. The van der Waals surface area contributed by atoms with E-state index < -0.39 is 0 Å². The lowest BCUT2D eigenvalue weighted by Gasteiger charge is -2.10. The Morgan fingerprint density at radius 2 is 2.11 bits per heavy atom. The normalized spacial score (nSPS) is 43.6. The van der Waals surface area contributed by atoms with Crippen molar-refractivity contribution in [2.45, 2.75) is 38.9 Å². The van der Waals surface area contributed by atoms with Gasteiger partial charge in [0.05, 0.1) is 7.85 Å². The molecular weight excluding hydrogens is 107 g/mol. The lowest BCUT2D eigenvalue weighted by atomic mass is 9.85. The Morgan fingerprint density at radius 1 is 1.44 bits per heavy atom. The van der Waals surface area contributed by atoms with Gasteiger partial charge in [-0.25, -0.2) is 0 Å². The average molecular weight is 122 g/mol. The van der Waals surface area contributed by atoms with E-state index in [9.17, 15) is 0 Å². The Balaban J connectivity index is 2.38. The second-order valence-corrected chi connectivity index (χ2v) is 3.38. The number of hydrogen-bond acceptors (Lipinski definition) is 0. The molecule has 0 saturated heterocycles. The maximum absolute atomic E-state index is 5.79. The van der Waals surface area contributed by atoms with E-state index in [1.807, 2.05) is 0 Å². The van der Waals surface area contributed by atoms with Crippen molar-refractivity contribution in [3.05, 3.63) is 0 Å². The Bertz CT molecular complexity index is 90.6. The zero-order valence-corrected chi connectivity index (χ0v) is 6.43. The minimum absolute atomic E-state index is 0.505. The monoisotopic (exact) mass is 122 g/mol. The van der Waals surface area contributed by atoms with Gasteiger partial charge in [-0.2, -0.15) is 0 Å². The molecule has 1 aliphatic carbocycles. The molecule has 1 heteroatoms. The number of rotatable bonds is 1. The molecule has 1 saturated carbocycles. The Morgan fingerprint density at radius 3 is 2.33 bits per heavy atom. The molecule has 1 fully saturated rings. The fourth-order valence-electron chi connectivity index (χ4n) is 1.96. The molecule has 0 nitrogen and oxygen atoms in total. The Kier molecular flexibility index (Phi) is 2.20. The number of hydrogen-bond donors (Lipinski definition) is 0. The van der Waals surface area contributed by atoms with Gasteiger partial charge in [-0.3, -0.25) is 0 Å². The van der Waals surface area contributed by atoms with Crippen LogP contribution in [0, 0.1) is 11.8 Å². The topological polar surface area (TPSA) is 0 Å². The molecule has 9 heavy (non-hydrogen) atoms. The highest BCUT2D eigenvalue weighted by Gasteiger charge is 2.26. The van der Waals surface area contributed by atoms with Crippen LogP contribution in [0.4, 0.5) is 0 Å². The smallest absolute Gasteiger partial charge is 0.0699 e. The molecule has 1 rings (SSSR count). The molecular formula is C8H15B. The summed E-state index contributed by atoms with van der Waals surface area (Å²) in [6.45, 7) is 4.58. The summed E-state index contributed by atoms with van der Waals surface area (Å²) in [5.74, 6) is 2.30. The van der Waals surface area contributed by atoms with Gasteiger partial charge in [0.2, 0.25) is 0 Å². The Hall–Kier alpha value is 0.0649. The second-order valence-electron chi connectivity index (χ2n) is 3.38. The third-order valence-corrected chi connectivity index (χ3v) is 2.61. The molecule has 2 radical (unpaired) electrons. The van der Waals surface area contributed by atoms with Gasteiger partial charge in [-0.1, -0.05) is 38.9 Å². The van der Waals surface area contributed by atoms with Gasteiger partial charge in [0.15, 0.2) is 0 Å². The fraction of sp³-hybridized carbons (Fsp3) is 1.00. The predicted molar refractivity (Wildman–Crippen MR) is 41.7 cm³/mol. The molecule has 0 aliphatic heterocycles. The zero-order chi connectivity index (χ0) is 6.85. The highest BCUT2D eigenvalue weighted by molar-refractivity contribution is 6.11. The maximum Gasteiger partial charge on any atom is 0.0699 e. The van der Waals surface area contributed by atoms with E-state index in [0.717, 1.165) is 11.8 Å². The predicted octanol–water partition coefficient (Wildman–Crippen LogP) is 2.40. The minimum atomic E-state index is 0.505. The van der Waals surface area contributed by atoms with Crippen molar-refractivity contribution in [3.8, 4) is 0 Å². The summed E-state index contributed by atoms with van der Waals surface area (Å²) in [4.78, 5) is 0. The van der Waals surface area contributed by atoms with Crippen LogP contribution in [0.1, 0.15) is 33.1 Å². The quantitative estimate of drug-likeness (QED) is 0.468. The molecule has 0 N–H and O–H groups in total. The summed E-state index contributed by atoms with van der Waals surface area (Å²) in [7, 11) is 5.79. The highest BCUT2D eigenvalue weighted by Crippen LogP contribution is 2.39. The van der Waals surface area contributed by atoms with Gasteiger partial charge >= 0.3 is 0 Å². The van der Waals surface area contributed by atoms with Gasteiger partial charge < -0.3 is 0 Å². The van der Waals surface area contributed by atoms with Crippen molar-refractivity contribution in [2.75, 3.05) is 0 Å². The standard InChI is InChI=1S/C8H15B/c1-3-7-5-8(9)4-6(7)2/h6-8H,3-5H2,1-2H3/t6-,7-,8-/m0/s1. The zero-order valence-electron chi connectivity index (χ0n) is 6.43. The highest BCUT2D eigenvalue weighted by atomic mass is 14.3. The first-order valence-corrected chi connectivity index (χ1v) is 3.99. The summed E-state index contributed by atoms with van der Waals surface area (Å²) in [6, 6.07) is 0. The van der Waals surface area contributed by atoms with Crippen LogP contribution >= 0.6 is 0 Å². The maximum atomic E-state index is 5.79. The third kappa shape index (κ3) is 1.50. The Labute approximate surface area is 59.4 Å². The van der Waals surface area contributed by atoms with E-state index in [1.165, 1.54) is 19.3 Å². The van der Waals surface area contributed by atoms with Gasteiger partial charge in [-0.05, 0) is 11.8 Å². The van der Waals surface area contributed by atoms with Gasteiger partial charge in [0.25, 0.3) is 0 Å². The largest absolute Gasteiger partial charge is 0.0769 e. The van der Waals surface area contributed by atoms with Crippen molar-refractivity contribution in [1.29, 1.82) is 0 Å². The summed E-state index contributed by atoms with van der Waals surface area (Å²) in [5.41, 5.74) is 0. The van der Waals surface area contributed by atoms with E-state index in [4.69, 9.17) is 7.85 Å². The first-order chi connectivity index (χ1) is 4.24. The molecule has 0 aromatic heterocycles. The SMILES string of the molecule is [B][C@@H]1C[C@H](CC)[C@@H](C)C1. The average Bonchev–Trinajstić information content (AvgIpc) is 2.10. The summed E-state index contributed by atoms with van der Waals surface area (Å²) in [6.07, 6.45) is 3.82. The molecule has 1 aliphatic rings. The first-order valence-electron chi connectivity index (χ1n) is 3.99. The second kappa shape index (κ2) is 2.77. The molecule has 0 aromatic rings. The van der Waals surface area contributed by atoms with Crippen LogP contribution < -0.4 is 0 Å². The van der Waals surface area contributed by atoms with Gasteiger partial charge in [0.1, 0.15) is 0 Å². The molecule has 0 bridgehead atoms. The molecule has 3 atom stereocenters. The first kappa shape index (κ1) is 7.18. The van der Waals surface area contributed by atoms with Crippen LogP contribution in [0.2, 0.25) is 5.82 Å². The van der Waals surface area contributed by atoms with Gasteiger partial charge in [-0.15, -0.1) is 0 Å². The lowest BCUT2D eigenvalue weighted by molar-refractivity contribution is 0.407. The third-order valence-electron chi connectivity index (χ3n) is 2.61.